The summed E-state index contributed by atoms with van der Waals surface area (Å²) < 4.78 is 2.12. The molecule has 1 aromatic carbocycles. The van der Waals surface area contributed by atoms with E-state index in [1.54, 1.807) is 0 Å². The topological polar surface area (TPSA) is 22.0 Å². The van der Waals surface area contributed by atoms with Crippen LogP contribution in [0.4, 0.5) is 0 Å². The first kappa shape index (κ1) is 12.5. The molecule has 19 heavy (non-hydrogen) atoms. The third-order valence-electron chi connectivity index (χ3n) is 4.40. The molecule has 0 atom stereocenters. The fourth-order valence-corrected chi connectivity index (χ4v) is 3.05. The van der Waals surface area contributed by atoms with Crippen molar-refractivity contribution >= 4 is 16.7 Å². The fourth-order valence-electron chi connectivity index (χ4n) is 3.05. The number of fused-ring (bicyclic) bond motifs is 1. The Morgan fingerprint density at radius 2 is 2.05 bits per heavy atom. The molecule has 1 aliphatic carbocycles. The predicted octanol–water partition coefficient (Wildman–Crippen LogP) is 4.28. The molecule has 0 radical (unpaired) electrons. The number of para-hydroxylation sites is 1. The Balaban J connectivity index is 2.17. The van der Waals surface area contributed by atoms with Crippen LogP contribution in [0.15, 0.2) is 24.4 Å². The average Bonchev–Trinajstić information content (AvgIpc) is 2.64. The number of carbonyl (C=O) groups is 1. The van der Waals surface area contributed by atoms with E-state index in [1.807, 2.05) is 13.2 Å². The molecule has 2 nitrogen and oxygen atoms in total. The number of Topliss-reactive ketones (excluding diaryl/α,β-unsaturated/α-hetero) is 1. The molecule has 100 valence electrons. The summed E-state index contributed by atoms with van der Waals surface area (Å²) in [5.74, 6) is 1.09. The van der Waals surface area contributed by atoms with Gasteiger partial charge in [0.1, 0.15) is 0 Å². The Labute approximate surface area is 114 Å². The lowest BCUT2D eigenvalue weighted by Crippen LogP contribution is -2.21. The van der Waals surface area contributed by atoms with Crippen molar-refractivity contribution in [2.24, 2.45) is 13.0 Å². The number of aryl methyl sites for hydroxylation is 1. The third kappa shape index (κ3) is 1.90. The lowest BCUT2D eigenvalue weighted by Gasteiger charge is -2.23. The lowest BCUT2D eigenvalue weighted by atomic mass is 9.80. The number of nitrogens with zero attached hydrogens (tertiary/aromatic N) is 1. The van der Waals surface area contributed by atoms with Gasteiger partial charge in [-0.1, -0.05) is 38.5 Å². The van der Waals surface area contributed by atoms with Gasteiger partial charge in [0.2, 0.25) is 0 Å². The van der Waals surface area contributed by atoms with Crippen molar-refractivity contribution < 1.29 is 4.79 Å². The van der Waals surface area contributed by atoms with Crippen LogP contribution in [-0.4, -0.2) is 10.4 Å². The van der Waals surface area contributed by atoms with E-state index in [4.69, 9.17) is 0 Å². The number of hydrogen-bond donors (Lipinski definition) is 0. The van der Waals surface area contributed by atoms with E-state index in [9.17, 15) is 4.79 Å². The second-order valence-corrected chi connectivity index (χ2v) is 6.04. The van der Waals surface area contributed by atoms with Crippen LogP contribution in [0, 0.1) is 5.92 Å². The molecule has 1 aromatic heterocycles. The van der Waals surface area contributed by atoms with Gasteiger partial charge in [-0.2, -0.15) is 0 Å². The zero-order chi connectivity index (χ0) is 13.6. The number of hydrogen-bond acceptors (Lipinski definition) is 1. The van der Waals surface area contributed by atoms with E-state index in [2.05, 4.69) is 36.6 Å². The minimum Gasteiger partial charge on any atom is -0.350 e. The normalized spacial score (nSPS) is 16.0. The van der Waals surface area contributed by atoms with Gasteiger partial charge in [-0.15, -0.1) is 0 Å². The summed E-state index contributed by atoms with van der Waals surface area (Å²) in [5.41, 5.74) is 3.47. The van der Waals surface area contributed by atoms with Gasteiger partial charge in [0, 0.05) is 30.1 Å². The molecule has 0 bridgehead atoms. The smallest absolute Gasteiger partial charge is 0.168 e. The second kappa shape index (κ2) is 4.52. The van der Waals surface area contributed by atoms with Crippen LogP contribution >= 0.6 is 0 Å². The van der Waals surface area contributed by atoms with Crippen LogP contribution in [0.25, 0.3) is 10.9 Å². The van der Waals surface area contributed by atoms with Gasteiger partial charge in [-0.05, 0) is 24.3 Å². The van der Waals surface area contributed by atoms with Gasteiger partial charge in [0.05, 0.1) is 5.52 Å². The van der Waals surface area contributed by atoms with Gasteiger partial charge in [0.15, 0.2) is 5.78 Å². The van der Waals surface area contributed by atoms with Crippen LogP contribution in [-0.2, 0) is 7.05 Å². The van der Waals surface area contributed by atoms with Gasteiger partial charge >= 0.3 is 0 Å². The maximum atomic E-state index is 12.5. The van der Waals surface area contributed by atoms with Crippen molar-refractivity contribution in [3.8, 4) is 0 Å². The molecule has 0 unspecified atom stereocenters. The molecule has 1 heterocycles. The zero-order valence-corrected chi connectivity index (χ0v) is 11.9. The molecular formula is C17H21NO. The highest BCUT2D eigenvalue weighted by Crippen LogP contribution is 2.34. The SMILES string of the molecule is CC(C)c1cccc2c(C(=O)C3CCC3)cn(C)c12. The van der Waals surface area contributed by atoms with Crippen LogP contribution < -0.4 is 0 Å². The largest absolute Gasteiger partial charge is 0.350 e. The van der Waals surface area contributed by atoms with Crippen molar-refractivity contribution in [3.63, 3.8) is 0 Å². The van der Waals surface area contributed by atoms with Gasteiger partial charge in [0.25, 0.3) is 0 Å². The molecule has 2 aromatic rings. The van der Waals surface area contributed by atoms with E-state index in [0.29, 0.717) is 11.7 Å². The van der Waals surface area contributed by atoms with E-state index in [-0.39, 0.29) is 5.92 Å². The van der Waals surface area contributed by atoms with Gasteiger partial charge in [-0.25, -0.2) is 0 Å². The molecule has 3 rings (SSSR count). The standard InChI is InChI=1S/C17H21NO/c1-11(2)13-8-5-9-14-15(10-18(3)16(13)14)17(19)12-6-4-7-12/h5,8-12H,4,6-7H2,1-3H3. The minimum atomic E-state index is 0.272. The molecule has 2 heteroatoms. The maximum Gasteiger partial charge on any atom is 0.168 e. The second-order valence-electron chi connectivity index (χ2n) is 6.04. The van der Waals surface area contributed by atoms with E-state index < -0.39 is 0 Å². The first-order chi connectivity index (χ1) is 9.09. The number of ketones is 1. The summed E-state index contributed by atoms with van der Waals surface area (Å²) in [5, 5.41) is 1.13. The highest BCUT2D eigenvalue weighted by atomic mass is 16.1. The molecular weight excluding hydrogens is 234 g/mol. The summed E-state index contributed by atoms with van der Waals surface area (Å²) in [4.78, 5) is 12.5. The summed E-state index contributed by atoms with van der Waals surface area (Å²) in [6.45, 7) is 4.41. The quantitative estimate of drug-likeness (QED) is 0.750. The predicted molar refractivity (Wildman–Crippen MR) is 78.7 cm³/mol. The first-order valence-corrected chi connectivity index (χ1v) is 7.21. The summed E-state index contributed by atoms with van der Waals surface area (Å²) in [7, 11) is 2.05. The van der Waals surface area contributed by atoms with Crippen LogP contribution in [0.1, 0.15) is 54.9 Å². The van der Waals surface area contributed by atoms with E-state index in [0.717, 1.165) is 23.8 Å². The molecule has 0 aliphatic heterocycles. The van der Waals surface area contributed by atoms with E-state index >= 15 is 0 Å². The average molecular weight is 255 g/mol. The van der Waals surface area contributed by atoms with Gasteiger partial charge in [-0.3, -0.25) is 4.79 Å². The van der Waals surface area contributed by atoms with Crippen molar-refractivity contribution in [1.29, 1.82) is 0 Å². The number of aromatic nitrogens is 1. The Morgan fingerprint density at radius 1 is 1.32 bits per heavy atom. The van der Waals surface area contributed by atoms with Gasteiger partial charge < -0.3 is 4.57 Å². The minimum absolute atomic E-state index is 0.272. The first-order valence-electron chi connectivity index (χ1n) is 7.21. The summed E-state index contributed by atoms with van der Waals surface area (Å²) >= 11 is 0. The fraction of sp³-hybridized carbons (Fsp3) is 0.471. The summed E-state index contributed by atoms with van der Waals surface area (Å²) in [6, 6.07) is 6.34. The Bertz CT molecular complexity index is 632. The number of rotatable bonds is 3. The molecule has 1 aliphatic rings. The third-order valence-corrected chi connectivity index (χ3v) is 4.40. The van der Waals surface area contributed by atoms with Crippen molar-refractivity contribution in [1.82, 2.24) is 4.57 Å². The Kier molecular flexibility index (Phi) is 2.96. The van der Waals surface area contributed by atoms with Crippen LogP contribution in [0.3, 0.4) is 0 Å². The molecule has 1 fully saturated rings. The lowest BCUT2D eigenvalue weighted by molar-refractivity contribution is 0.0857. The van der Waals surface area contributed by atoms with Crippen molar-refractivity contribution in [3.05, 3.63) is 35.5 Å². The molecule has 1 saturated carbocycles. The Morgan fingerprint density at radius 3 is 2.63 bits per heavy atom. The van der Waals surface area contributed by atoms with E-state index in [1.165, 1.54) is 17.5 Å². The Hall–Kier alpha value is -1.57. The van der Waals surface area contributed by atoms with Crippen LogP contribution in [0.5, 0.6) is 0 Å². The number of carbonyl (C=O) groups excluding carboxylic acids is 1. The molecule has 0 amide bonds. The highest BCUT2D eigenvalue weighted by molar-refractivity contribution is 6.10. The number of benzene rings is 1. The zero-order valence-electron chi connectivity index (χ0n) is 11.9. The monoisotopic (exact) mass is 255 g/mol. The molecule has 0 spiro atoms. The van der Waals surface area contributed by atoms with Crippen molar-refractivity contribution in [2.75, 3.05) is 0 Å². The maximum absolute atomic E-state index is 12.5. The molecule has 0 saturated heterocycles. The van der Waals surface area contributed by atoms with Crippen molar-refractivity contribution in [2.45, 2.75) is 39.0 Å². The highest BCUT2D eigenvalue weighted by Gasteiger charge is 2.28. The molecule has 0 N–H and O–H groups in total. The van der Waals surface area contributed by atoms with Crippen LogP contribution in [0.2, 0.25) is 0 Å². The summed E-state index contributed by atoms with van der Waals surface area (Å²) in [6.07, 6.45) is 5.37.